The number of rotatable bonds is 8. The van der Waals surface area contributed by atoms with Crippen molar-refractivity contribution in [2.75, 3.05) is 12.8 Å². The summed E-state index contributed by atoms with van der Waals surface area (Å²) >= 11 is 0. The molecule has 0 aliphatic rings. The fourth-order valence-electron chi connectivity index (χ4n) is 1.06. The Morgan fingerprint density at radius 1 is 1.35 bits per heavy atom. The Morgan fingerprint density at radius 2 is 1.94 bits per heavy atom. The van der Waals surface area contributed by atoms with Crippen molar-refractivity contribution >= 4 is 19.6 Å². The van der Waals surface area contributed by atoms with Gasteiger partial charge in [0.05, 0.1) is 6.29 Å². The molecule has 7 N–H and O–H groups in total. The number of hydrogen-bond acceptors (Lipinski definition) is 4. The first kappa shape index (κ1) is 15.9. The quantitative estimate of drug-likeness (QED) is 0.233. The zero-order valence-corrected chi connectivity index (χ0v) is 9.89. The van der Waals surface area contributed by atoms with E-state index in [0.717, 1.165) is 0 Å². The average molecular weight is 269 g/mol. The van der Waals surface area contributed by atoms with E-state index in [1.54, 1.807) is 0 Å². The van der Waals surface area contributed by atoms with Gasteiger partial charge in [-0.2, -0.15) is 0 Å². The van der Waals surface area contributed by atoms with Crippen molar-refractivity contribution < 1.29 is 29.0 Å². The minimum absolute atomic E-state index is 0.121. The van der Waals surface area contributed by atoms with E-state index in [1.165, 1.54) is 0 Å². The molecule has 17 heavy (non-hydrogen) atoms. The van der Waals surface area contributed by atoms with E-state index in [1.807, 2.05) is 0 Å². The van der Waals surface area contributed by atoms with E-state index in [4.69, 9.17) is 20.6 Å². The van der Waals surface area contributed by atoms with Crippen LogP contribution in [0.15, 0.2) is 0 Å². The van der Waals surface area contributed by atoms with Crippen molar-refractivity contribution in [2.45, 2.75) is 18.9 Å². The van der Waals surface area contributed by atoms with Gasteiger partial charge in [-0.3, -0.25) is 14.7 Å². The van der Waals surface area contributed by atoms with Gasteiger partial charge in [-0.25, -0.2) is 4.79 Å². The first-order valence-electron chi connectivity index (χ1n) is 4.76. The highest BCUT2D eigenvalue weighted by atomic mass is 31.2. The third kappa shape index (κ3) is 9.76. The van der Waals surface area contributed by atoms with Crippen LogP contribution in [0.3, 0.4) is 0 Å². The fourth-order valence-corrected chi connectivity index (χ4v) is 1.52. The first-order chi connectivity index (χ1) is 7.72. The van der Waals surface area contributed by atoms with Crippen LogP contribution in [0.1, 0.15) is 12.8 Å². The molecular formula is C7H16N3O6P. The molecule has 0 aromatic heterocycles. The Morgan fingerprint density at radius 3 is 2.35 bits per heavy atom. The largest absolute Gasteiger partial charge is 0.480 e. The van der Waals surface area contributed by atoms with Gasteiger partial charge in [-0.1, -0.05) is 0 Å². The zero-order chi connectivity index (χ0) is 13.5. The van der Waals surface area contributed by atoms with Crippen LogP contribution in [-0.4, -0.2) is 45.8 Å². The molecule has 1 atom stereocenters. The van der Waals surface area contributed by atoms with Crippen molar-refractivity contribution in [1.29, 1.82) is 0 Å². The molecular weight excluding hydrogens is 253 g/mol. The van der Waals surface area contributed by atoms with Gasteiger partial charge in [0.25, 0.3) is 0 Å². The van der Waals surface area contributed by atoms with Gasteiger partial charge in [0.15, 0.2) is 0 Å². The van der Waals surface area contributed by atoms with Crippen LogP contribution in [-0.2, 0) is 9.36 Å². The third-order valence-corrected chi connectivity index (χ3v) is 2.41. The second kappa shape index (κ2) is 7.23. The second-order valence-corrected chi connectivity index (χ2v) is 5.00. The number of carboxylic acids is 1. The van der Waals surface area contributed by atoms with Gasteiger partial charge in [0.1, 0.15) is 6.04 Å². The maximum atomic E-state index is 10.7. The summed E-state index contributed by atoms with van der Waals surface area (Å²) in [5.74, 6) is -1.21. The van der Waals surface area contributed by atoms with Gasteiger partial charge >= 0.3 is 19.6 Å². The molecule has 0 aliphatic carbocycles. The zero-order valence-electron chi connectivity index (χ0n) is 9.00. The SMILES string of the molecule is NC(=O)NCCCC(NCP(=O)(O)O)C(=O)O. The number of amides is 2. The monoisotopic (exact) mass is 269 g/mol. The van der Waals surface area contributed by atoms with Gasteiger partial charge < -0.3 is 25.9 Å². The molecule has 2 amide bonds. The maximum Gasteiger partial charge on any atom is 0.339 e. The lowest BCUT2D eigenvalue weighted by molar-refractivity contribution is -0.139. The molecule has 0 spiro atoms. The highest BCUT2D eigenvalue weighted by molar-refractivity contribution is 7.51. The topological polar surface area (TPSA) is 162 Å². The van der Waals surface area contributed by atoms with E-state index in [9.17, 15) is 14.2 Å². The molecule has 0 bridgehead atoms. The molecule has 0 saturated carbocycles. The molecule has 0 heterocycles. The van der Waals surface area contributed by atoms with Gasteiger partial charge in [0, 0.05) is 6.54 Å². The molecule has 100 valence electrons. The molecule has 0 rings (SSSR count). The molecule has 0 aromatic carbocycles. The fraction of sp³-hybridized carbons (Fsp3) is 0.714. The normalized spacial score (nSPS) is 13.1. The highest BCUT2D eigenvalue weighted by Crippen LogP contribution is 2.32. The Bertz CT molecular complexity index is 317. The predicted molar refractivity (Wildman–Crippen MR) is 58.3 cm³/mol. The number of primary amides is 1. The number of hydrogen-bond donors (Lipinski definition) is 6. The standard InChI is InChI=1S/C7H16N3O6P/c8-7(13)9-3-1-2-5(6(11)12)10-4-17(14,15)16/h5,10H,1-4H2,(H,11,12)(H3,8,9,13)(H2,14,15,16). The molecule has 0 aliphatic heterocycles. The molecule has 9 nitrogen and oxygen atoms in total. The summed E-state index contributed by atoms with van der Waals surface area (Å²) in [5, 5.41) is 13.3. The molecule has 0 fully saturated rings. The first-order valence-corrected chi connectivity index (χ1v) is 6.56. The molecule has 0 radical (unpaired) electrons. The van der Waals surface area contributed by atoms with Crippen LogP contribution >= 0.6 is 7.60 Å². The number of aliphatic carboxylic acids is 1. The number of urea groups is 1. The maximum absolute atomic E-state index is 10.7. The van der Waals surface area contributed by atoms with E-state index in [-0.39, 0.29) is 13.0 Å². The minimum atomic E-state index is -4.28. The summed E-state index contributed by atoms with van der Waals surface area (Å²) in [7, 11) is -4.28. The minimum Gasteiger partial charge on any atom is -0.480 e. The van der Waals surface area contributed by atoms with Crippen molar-refractivity contribution in [3.63, 3.8) is 0 Å². The smallest absolute Gasteiger partial charge is 0.339 e. The van der Waals surface area contributed by atoms with E-state index >= 15 is 0 Å². The van der Waals surface area contributed by atoms with Crippen LogP contribution in [0.25, 0.3) is 0 Å². The lowest BCUT2D eigenvalue weighted by atomic mass is 10.1. The van der Waals surface area contributed by atoms with E-state index in [2.05, 4.69) is 10.6 Å². The highest BCUT2D eigenvalue weighted by Gasteiger charge is 2.21. The van der Waals surface area contributed by atoms with Crippen molar-refractivity contribution in [3.8, 4) is 0 Å². The van der Waals surface area contributed by atoms with Crippen LogP contribution in [0, 0.1) is 0 Å². The lowest BCUT2D eigenvalue weighted by Crippen LogP contribution is -2.38. The molecule has 10 heteroatoms. The molecule has 1 unspecified atom stereocenters. The predicted octanol–water partition coefficient (Wildman–Crippen LogP) is -1.39. The molecule has 0 saturated heterocycles. The van der Waals surface area contributed by atoms with Crippen molar-refractivity contribution in [3.05, 3.63) is 0 Å². The van der Waals surface area contributed by atoms with Crippen molar-refractivity contribution in [1.82, 2.24) is 10.6 Å². The van der Waals surface area contributed by atoms with Crippen LogP contribution < -0.4 is 16.4 Å². The summed E-state index contributed by atoms with van der Waals surface area (Å²) in [6, 6.07) is -1.78. The summed E-state index contributed by atoms with van der Waals surface area (Å²) in [6.45, 7) is 0.205. The average Bonchev–Trinajstić information content (AvgIpc) is 2.13. The lowest BCUT2D eigenvalue weighted by Gasteiger charge is -2.14. The number of nitrogens with one attached hydrogen (secondary N) is 2. The van der Waals surface area contributed by atoms with E-state index < -0.39 is 31.9 Å². The van der Waals surface area contributed by atoms with E-state index in [0.29, 0.717) is 6.42 Å². The van der Waals surface area contributed by atoms with Gasteiger partial charge in [-0.15, -0.1) is 0 Å². The Labute approximate surface area is 97.5 Å². The van der Waals surface area contributed by atoms with Crippen LogP contribution in [0.5, 0.6) is 0 Å². The number of carbonyl (C=O) groups is 2. The summed E-state index contributed by atoms with van der Waals surface area (Å²) in [6.07, 6.45) is -0.253. The Kier molecular flexibility index (Phi) is 6.74. The Balaban J connectivity index is 3.96. The Hall–Kier alpha value is -1.15. The number of nitrogens with two attached hydrogens (primary N) is 1. The van der Waals surface area contributed by atoms with Gasteiger partial charge in [0.2, 0.25) is 0 Å². The third-order valence-electron chi connectivity index (χ3n) is 1.81. The number of carboxylic acid groups (broad SMARTS) is 1. The summed E-state index contributed by atoms with van der Waals surface area (Å²) in [4.78, 5) is 38.2. The van der Waals surface area contributed by atoms with Crippen LogP contribution in [0.2, 0.25) is 0 Å². The number of carbonyl (C=O) groups excluding carboxylic acids is 1. The molecule has 0 aromatic rings. The van der Waals surface area contributed by atoms with Gasteiger partial charge in [-0.05, 0) is 12.8 Å². The van der Waals surface area contributed by atoms with Crippen molar-refractivity contribution in [2.24, 2.45) is 5.73 Å². The summed E-state index contributed by atoms with van der Waals surface area (Å²) < 4.78 is 10.5. The summed E-state index contributed by atoms with van der Waals surface area (Å²) in [5.41, 5.74) is 4.80. The van der Waals surface area contributed by atoms with Crippen LogP contribution in [0.4, 0.5) is 4.79 Å². The second-order valence-electron chi connectivity index (χ2n) is 3.35.